The van der Waals surface area contributed by atoms with Crippen LogP contribution in [-0.2, 0) is 0 Å². The van der Waals surface area contributed by atoms with Crippen molar-refractivity contribution in [2.45, 2.75) is 0 Å². The standard InChI is InChI=1S/C68H46N2/c1-3-16-48(17-4-1)60-28-14-21-53-22-15-29-61(67(53)60)50-34-41-56(42-35-50)69(57-43-36-51(37-44-57)62-45-38-49-18-7-8-25-59(49)68(62)52-19-5-2-6-20-52)55-39-32-47(33-40-55)54-23-13-24-58(46-54)70-65-30-11-9-26-63(65)64-27-10-12-31-66(64)70/h1-46H. The SMILES string of the molecule is c1ccc(-c2c(-c3ccc(N(c4ccc(-c5cccc(-n6c7ccccc7c7ccccc76)c5)cc4)c4ccc(-c5cccc6cccc(-c7ccccc7)c56)cc4)cc3)ccc3ccccc23)cc1. The summed E-state index contributed by atoms with van der Waals surface area (Å²) in [6.45, 7) is 0. The highest BCUT2D eigenvalue weighted by molar-refractivity contribution is 6.10. The molecular formula is C68H46N2. The summed E-state index contributed by atoms with van der Waals surface area (Å²) in [5.74, 6) is 0. The third-order valence-corrected chi connectivity index (χ3v) is 14.0. The van der Waals surface area contributed by atoms with E-state index in [1.807, 2.05) is 0 Å². The first-order chi connectivity index (χ1) is 34.7. The maximum absolute atomic E-state index is 2.39. The Labute approximate surface area is 408 Å². The van der Waals surface area contributed by atoms with Gasteiger partial charge in [-0.2, -0.15) is 0 Å². The molecule has 2 heteroatoms. The lowest BCUT2D eigenvalue weighted by Gasteiger charge is -2.26. The van der Waals surface area contributed by atoms with Crippen LogP contribution < -0.4 is 4.90 Å². The minimum absolute atomic E-state index is 1.08. The maximum atomic E-state index is 2.39. The predicted octanol–water partition coefficient (Wildman–Crippen LogP) is 18.9. The molecule has 328 valence electrons. The number of rotatable bonds is 9. The fourth-order valence-corrected chi connectivity index (χ4v) is 10.7. The van der Waals surface area contributed by atoms with Gasteiger partial charge in [0.05, 0.1) is 11.0 Å². The molecule has 0 spiro atoms. The van der Waals surface area contributed by atoms with Gasteiger partial charge < -0.3 is 9.47 Å². The van der Waals surface area contributed by atoms with Crippen molar-refractivity contribution in [1.82, 2.24) is 4.57 Å². The first-order valence-electron chi connectivity index (χ1n) is 24.1. The lowest BCUT2D eigenvalue weighted by atomic mass is 9.89. The highest BCUT2D eigenvalue weighted by Gasteiger charge is 2.18. The molecule has 1 heterocycles. The van der Waals surface area contributed by atoms with Gasteiger partial charge in [0.2, 0.25) is 0 Å². The Kier molecular flexibility index (Phi) is 10.2. The number of anilines is 3. The average Bonchev–Trinajstić information content (AvgIpc) is 3.78. The van der Waals surface area contributed by atoms with Crippen LogP contribution in [0.15, 0.2) is 279 Å². The van der Waals surface area contributed by atoms with E-state index in [4.69, 9.17) is 0 Å². The summed E-state index contributed by atoms with van der Waals surface area (Å²) in [5, 5.41) is 7.50. The van der Waals surface area contributed by atoms with Gasteiger partial charge in [-0.15, -0.1) is 0 Å². The zero-order valence-corrected chi connectivity index (χ0v) is 38.5. The third kappa shape index (κ3) is 7.22. The van der Waals surface area contributed by atoms with Gasteiger partial charge in [0.1, 0.15) is 0 Å². The largest absolute Gasteiger partial charge is 0.311 e. The molecule has 0 saturated carbocycles. The molecule has 0 atom stereocenters. The van der Waals surface area contributed by atoms with Gasteiger partial charge >= 0.3 is 0 Å². The maximum Gasteiger partial charge on any atom is 0.0541 e. The van der Waals surface area contributed by atoms with Crippen molar-refractivity contribution in [2.24, 2.45) is 0 Å². The van der Waals surface area contributed by atoms with Gasteiger partial charge in [-0.05, 0) is 138 Å². The molecule has 0 saturated heterocycles. The van der Waals surface area contributed by atoms with Crippen LogP contribution in [0.2, 0.25) is 0 Å². The van der Waals surface area contributed by atoms with Crippen molar-refractivity contribution in [1.29, 1.82) is 0 Å². The van der Waals surface area contributed by atoms with E-state index in [0.29, 0.717) is 0 Å². The van der Waals surface area contributed by atoms with E-state index in [-0.39, 0.29) is 0 Å². The van der Waals surface area contributed by atoms with Gasteiger partial charge in [-0.25, -0.2) is 0 Å². The summed E-state index contributed by atoms with van der Waals surface area (Å²) in [6.07, 6.45) is 0. The second kappa shape index (κ2) is 17.4. The monoisotopic (exact) mass is 890 g/mol. The fraction of sp³-hybridized carbons (Fsp3) is 0. The summed E-state index contributed by atoms with van der Waals surface area (Å²) >= 11 is 0. The zero-order valence-electron chi connectivity index (χ0n) is 38.5. The van der Waals surface area contributed by atoms with Crippen LogP contribution in [0.4, 0.5) is 17.1 Å². The summed E-state index contributed by atoms with van der Waals surface area (Å²) in [5.41, 5.74) is 18.8. The topological polar surface area (TPSA) is 8.17 Å². The lowest BCUT2D eigenvalue weighted by molar-refractivity contribution is 1.18. The number of para-hydroxylation sites is 2. The molecule has 13 aromatic rings. The first kappa shape index (κ1) is 41.0. The van der Waals surface area contributed by atoms with Crippen molar-refractivity contribution in [3.63, 3.8) is 0 Å². The number of hydrogen-bond acceptors (Lipinski definition) is 1. The first-order valence-corrected chi connectivity index (χ1v) is 24.1. The van der Waals surface area contributed by atoms with Crippen LogP contribution in [0.25, 0.3) is 105 Å². The molecule has 0 aliphatic rings. The quantitative estimate of drug-likeness (QED) is 0.140. The number of benzene rings is 12. The van der Waals surface area contributed by atoms with Crippen LogP contribution >= 0.6 is 0 Å². The van der Waals surface area contributed by atoms with Gasteiger partial charge in [0, 0.05) is 33.5 Å². The van der Waals surface area contributed by atoms with E-state index in [2.05, 4.69) is 289 Å². The van der Waals surface area contributed by atoms with Gasteiger partial charge in [0.25, 0.3) is 0 Å². The number of nitrogens with zero attached hydrogens (tertiary/aromatic N) is 2. The molecular weight excluding hydrogens is 845 g/mol. The van der Waals surface area contributed by atoms with Crippen LogP contribution in [0.1, 0.15) is 0 Å². The van der Waals surface area contributed by atoms with Crippen molar-refractivity contribution in [3.05, 3.63) is 279 Å². The number of fused-ring (bicyclic) bond motifs is 5. The molecule has 0 amide bonds. The average molecular weight is 891 g/mol. The molecule has 0 unspecified atom stereocenters. The van der Waals surface area contributed by atoms with Crippen molar-refractivity contribution in [2.75, 3.05) is 4.90 Å². The molecule has 12 aromatic carbocycles. The zero-order chi connectivity index (χ0) is 46.4. The molecule has 0 aliphatic carbocycles. The summed E-state index contributed by atoms with van der Waals surface area (Å²) in [6, 6.07) is 102. The highest BCUT2D eigenvalue weighted by atomic mass is 15.1. The lowest BCUT2D eigenvalue weighted by Crippen LogP contribution is -2.09. The molecule has 0 bridgehead atoms. The summed E-state index contributed by atoms with van der Waals surface area (Å²) < 4.78 is 2.39. The van der Waals surface area contributed by atoms with E-state index >= 15 is 0 Å². The van der Waals surface area contributed by atoms with Crippen LogP contribution in [0.5, 0.6) is 0 Å². The third-order valence-electron chi connectivity index (χ3n) is 14.0. The van der Waals surface area contributed by atoms with Gasteiger partial charge in [0.15, 0.2) is 0 Å². The molecule has 0 N–H and O–H groups in total. The summed E-state index contributed by atoms with van der Waals surface area (Å²) in [7, 11) is 0. The Morgan fingerprint density at radius 2 is 0.700 bits per heavy atom. The second-order valence-corrected chi connectivity index (χ2v) is 18.0. The molecule has 0 aliphatic heterocycles. The Morgan fingerprint density at radius 3 is 1.30 bits per heavy atom. The van der Waals surface area contributed by atoms with Crippen molar-refractivity contribution in [3.8, 4) is 61.3 Å². The van der Waals surface area contributed by atoms with E-state index in [0.717, 1.165) is 28.3 Å². The summed E-state index contributed by atoms with van der Waals surface area (Å²) in [4.78, 5) is 2.38. The normalized spacial score (nSPS) is 11.4. The van der Waals surface area contributed by atoms with E-state index in [1.54, 1.807) is 0 Å². The highest BCUT2D eigenvalue weighted by Crippen LogP contribution is 2.43. The Balaban J connectivity index is 0.908. The smallest absolute Gasteiger partial charge is 0.0541 e. The second-order valence-electron chi connectivity index (χ2n) is 18.0. The minimum Gasteiger partial charge on any atom is -0.311 e. The Hall–Kier alpha value is -9.24. The molecule has 0 radical (unpaired) electrons. The fourth-order valence-electron chi connectivity index (χ4n) is 10.7. The number of aromatic nitrogens is 1. The van der Waals surface area contributed by atoms with Crippen LogP contribution in [0, 0.1) is 0 Å². The van der Waals surface area contributed by atoms with E-state index in [9.17, 15) is 0 Å². The molecule has 70 heavy (non-hydrogen) atoms. The van der Waals surface area contributed by atoms with Crippen LogP contribution in [-0.4, -0.2) is 4.57 Å². The number of hydrogen-bond donors (Lipinski definition) is 0. The van der Waals surface area contributed by atoms with Gasteiger partial charge in [-0.1, -0.05) is 218 Å². The minimum atomic E-state index is 1.08. The molecule has 2 nitrogen and oxygen atoms in total. The van der Waals surface area contributed by atoms with Crippen LogP contribution in [0.3, 0.4) is 0 Å². The Bertz CT molecular complexity index is 3960. The van der Waals surface area contributed by atoms with E-state index in [1.165, 1.54) is 93.4 Å². The van der Waals surface area contributed by atoms with Gasteiger partial charge in [-0.3, -0.25) is 0 Å². The van der Waals surface area contributed by atoms with Crippen molar-refractivity contribution < 1.29 is 0 Å². The molecule has 1 aromatic heterocycles. The molecule has 13 rings (SSSR count). The van der Waals surface area contributed by atoms with E-state index < -0.39 is 0 Å². The molecule has 0 fully saturated rings. The predicted molar refractivity (Wildman–Crippen MR) is 298 cm³/mol. The Morgan fingerprint density at radius 1 is 0.257 bits per heavy atom. The van der Waals surface area contributed by atoms with Crippen molar-refractivity contribution >= 4 is 60.4 Å².